The summed E-state index contributed by atoms with van der Waals surface area (Å²) in [5, 5.41) is 26.7. The molecule has 3 aromatic carbocycles. The van der Waals surface area contributed by atoms with Crippen molar-refractivity contribution in [3.63, 3.8) is 0 Å². The Labute approximate surface area is 235 Å². The Morgan fingerprint density at radius 2 is 1.24 bits per heavy atom. The summed E-state index contributed by atoms with van der Waals surface area (Å²) in [4.78, 5) is 45.1. The van der Waals surface area contributed by atoms with E-state index in [9.17, 15) is 24.6 Å². The van der Waals surface area contributed by atoms with Crippen LogP contribution in [-0.2, 0) is 33.6 Å². The predicted octanol–water partition coefficient (Wildman–Crippen LogP) is 2.76. The largest absolute Gasteiger partial charge is 0.508 e. The Kier molecular flexibility index (Phi) is 8.02. The standard InChI is InChI=1S/C31H31N5O5/c32-24(14-19-16-33-25-7-3-1-5-22(19)25)29(38)35-27(13-18-9-11-21(37)12-10-18)30(39)36-28(31(40)41)15-20-17-34-26-8-4-2-6-23(20)26/h1-12,16-17,24,27-28,33-34,37H,13-15,32H2,(H,35,38)(H,36,39)(H,40,41)/t24-,27-,28-/m0/s1. The number of fused-ring (bicyclic) bond motifs is 2. The fourth-order valence-electron chi connectivity index (χ4n) is 4.98. The van der Waals surface area contributed by atoms with Crippen LogP contribution in [-0.4, -0.2) is 56.1 Å². The number of aliphatic carboxylic acids is 1. The number of rotatable bonds is 11. The minimum absolute atomic E-state index is 0.0467. The Bertz CT molecular complexity index is 1690. The zero-order valence-corrected chi connectivity index (χ0v) is 22.1. The normalized spacial score (nSPS) is 13.5. The number of carboxylic acid groups (broad SMARTS) is 1. The number of carbonyl (C=O) groups is 3. The van der Waals surface area contributed by atoms with Crippen LogP contribution in [0.4, 0.5) is 0 Å². The molecule has 0 radical (unpaired) electrons. The number of para-hydroxylation sites is 2. The maximum atomic E-state index is 13.5. The third kappa shape index (κ3) is 6.39. The average molecular weight is 554 g/mol. The van der Waals surface area contributed by atoms with Crippen LogP contribution < -0.4 is 16.4 Å². The molecule has 0 saturated heterocycles. The van der Waals surface area contributed by atoms with E-state index >= 15 is 0 Å². The van der Waals surface area contributed by atoms with Gasteiger partial charge >= 0.3 is 5.97 Å². The number of hydrogen-bond acceptors (Lipinski definition) is 5. The van der Waals surface area contributed by atoms with Crippen LogP contribution >= 0.6 is 0 Å². The van der Waals surface area contributed by atoms with Crippen molar-refractivity contribution in [2.24, 2.45) is 5.73 Å². The highest BCUT2D eigenvalue weighted by Crippen LogP contribution is 2.20. The lowest BCUT2D eigenvalue weighted by Gasteiger charge is -2.23. The van der Waals surface area contributed by atoms with Crippen LogP contribution in [0.3, 0.4) is 0 Å². The number of hydrogen-bond donors (Lipinski definition) is 7. The molecule has 210 valence electrons. The number of benzene rings is 3. The monoisotopic (exact) mass is 553 g/mol. The van der Waals surface area contributed by atoms with Crippen LogP contribution in [0.25, 0.3) is 21.8 Å². The second kappa shape index (κ2) is 12.0. The quantitative estimate of drug-likeness (QED) is 0.132. The summed E-state index contributed by atoms with van der Waals surface area (Å²) in [5.74, 6) is -2.34. The Balaban J connectivity index is 1.32. The van der Waals surface area contributed by atoms with Crippen LogP contribution in [0.1, 0.15) is 16.7 Å². The molecule has 10 nitrogen and oxygen atoms in total. The van der Waals surface area contributed by atoms with Gasteiger partial charge in [0.15, 0.2) is 0 Å². The Morgan fingerprint density at radius 1 is 0.707 bits per heavy atom. The number of phenols is 1. The van der Waals surface area contributed by atoms with Gasteiger partial charge in [-0.1, -0.05) is 48.5 Å². The molecule has 0 spiro atoms. The topological polar surface area (TPSA) is 173 Å². The van der Waals surface area contributed by atoms with E-state index < -0.39 is 35.9 Å². The molecule has 2 aromatic heterocycles. The molecule has 41 heavy (non-hydrogen) atoms. The van der Waals surface area contributed by atoms with E-state index in [2.05, 4.69) is 20.6 Å². The lowest BCUT2D eigenvalue weighted by molar-refractivity contribution is -0.142. The number of nitrogens with two attached hydrogens (primary N) is 1. The minimum atomic E-state index is -1.24. The summed E-state index contributed by atoms with van der Waals surface area (Å²) < 4.78 is 0. The van der Waals surface area contributed by atoms with E-state index in [1.54, 1.807) is 24.5 Å². The lowest BCUT2D eigenvalue weighted by Crippen LogP contribution is -2.55. The van der Waals surface area contributed by atoms with E-state index in [-0.39, 0.29) is 25.0 Å². The molecule has 2 amide bonds. The van der Waals surface area contributed by atoms with Gasteiger partial charge < -0.3 is 36.5 Å². The summed E-state index contributed by atoms with van der Waals surface area (Å²) >= 11 is 0. The van der Waals surface area contributed by atoms with Crippen molar-refractivity contribution in [1.82, 2.24) is 20.6 Å². The molecule has 10 heteroatoms. The van der Waals surface area contributed by atoms with Gasteiger partial charge in [0, 0.05) is 47.0 Å². The molecular formula is C31H31N5O5. The number of aromatic hydroxyl groups is 1. The highest BCUT2D eigenvalue weighted by molar-refractivity contribution is 5.93. The minimum Gasteiger partial charge on any atom is -0.508 e. The molecular weight excluding hydrogens is 522 g/mol. The fourth-order valence-corrected chi connectivity index (χ4v) is 4.98. The number of aromatic amines is 2. The Hall–Kier alpha value is -5.09. The highest BCUT2D eigenvalue weighted by atomic mass is 16.4. The molecule has 0 unspecified atom stereocenters. The number of carboxylic acids is 1. The molecule has 3 atom stereocenters. The molecule has 0 bridgehead atoms. The molecule has 5 aromatic rings. The summed E-state index contributed by atoms with van der Waals surface area (Å²) in [6.07, 6.45) is 3.89. The first-order valence-corrected chi connectivity index (χ1v) is 13.3. The van der Waals surface area contributed by atoms with E-state index in [4.69, 9.17) is 5.73 Å². The Morgan fingerprint density at radius 3 is 1.83 bits per heavy atom. The first kappa shape index (κ1) is 27.5. The molecule has 0 saturated carbocycles. The molecule has 0 aliphatic rings. The van der Waals surface area contributed by atoms with Crippen molar-refractivity contribution in [3.8, 4) is 5.75 Å². The maximum absolute atomic E-state index is 13.5. The van der Waals surface area contributed by atoms with Crippen molar-refractivity contribution < 1.29 is 24.6 Å². The first-order valence-electron chi connectivity index (χ1n) is 13.3. The van der Waals surface area contributed by atoms with Crippen LogP contribution in [0.2, 0.25) is 0 Å². The van der Waals surface area contributed by atoms with Crippen molar-refractivity contribution in [1.29, 1.82) is 0 Å². The predicted molar refractivity (Wildman–Crippen MR) is 155 cm³/mol. The van der Waals surface area contributed by atoms with E-state index in [1.807, 2.05) is 48.5 Å². The van der Waals surface area contributed by atoms with Crippen molar-refractivity contribution in [3.05, 3.63) is 102 Å². The summed E-state index contributed by atoms with van der Waals surface area (Å²) in [7, 11) is 0. The van der Waals surface area contributed by atoms with Gasteiger partial charge in [-0.25, -0.2) is 4.79 Å². The third-order valence-electron chi connectivity index (χ3n) is 7.17. The first-order chi connectivity index (χ1) is 19.8. The lowest BCUT2D eigenvalue weighted by atomic mass is 10.0. The number of H-pyrrole nitrogens is 2. The number of aromatic nitrogens is 2. The average Bonchev–Trinajstić information content (AvgIpc) is 3.57. The molecule has 5 rings (SSSR count). The van der Waals surface area contributed by atoms with E-state index in [0.29, 0.717) is 5.56 Å². The third-order valence-corrected chi connectivity index (χ3v) is 7.17. The summed E-state index contributed by atoms with van der Waals surface area (Å²) in [6.45, 7) is 0. The van der Waals surface area contributed by atoms with Gasteiger partial charge in [-0.2, -0.15) is 0 Å². The van der Waals surface area contributed by atoms with Gasteiger partial charge in [-0.15, -0.1) is 0 Å². The summed E-state index contributed by atoms with van der Waals surface area (Å²) in [6, 6.07) is 18.1. The van der Waals surface area contributed by atoms with Crippen LogP contribution in [0.15, 0.2) is 85.2 Å². The second-order valence-electron chi connectivity index (χ2n) is 10.1. The molecule has 0 aliphatic carbocycles. The number of nitrogens with one attached hydrogen (secondary N) is 4. The van der Waals surface area contributed by atoms with E-state index in [0.717, 1.165) is 32.9 Å². The van der Waals surface area contributed by atoms with Gasteiger partial charge in [0.1, 0.15) is 17.8 Å². The fraction of sp³-hybridized carbons (Fsp3) is 0.194. The number of carbonyl (C=O) groups excluding carboxylic acids is 2. The van der Waals surface area contributed by atoms with Crippen molar-refractivity contribution in [2.75, 3.05) is 0 Å². The maximum Gasteiger partial charge on any atom is 0.326 e. The number of amides is 2. The zero-order chi connectivity index (χ0) is 28.9. The van der Waals surface area contributed by atoms with Crippen molar-refractivity contribution in [2.45, 2.75) is 37.4 Å². The molecule has 8 N–H and O–H groups in total. The summed E-state index contributed by atoms with van der Waals surface area (Å²) in [5.41, 5.74) is 10.3. The van der Waals surface area contributed by atoms with Gasteiger partial charge in [0.2, 0.25) is 11.8 Å². The molecule has 0 aliphatic heterocycles. The van der Waals surface area contributed by atoms with Gasteiger partial charge in [-0.05, 0) is 47.4 Å². The molecule has 0 fully saturated rings. The molecule has 2 heterocycles. The van der Waals surface area contributed by atoms with Gasteiger partial charge in [-0.3, -0.25) is 9.59 Å². The van der Waals surface area contributed by atoms with Crippen LogP contribution in [0, 0.1) is 0 Å². The van der Waals surface area contributed by atoms with Crippen molar-refractivity contribution >= 4 is 39.6 Å². The van der Waals surface area contributed by atoms with Gasteiger partial charge in [0.25, 0.3) is 0 Å². The smallest absolute Gasteiger partial charge is 0.326 e. The zero-order valence-electron chi connectivity index (χ0n) is 22.1. The van der Waals surface area contributed by atoms with Gasteiger partial charge in [0.05, 0.1) is 6.04 Å². The second-order valence-corrected chi connectivity index (χ2v) is 10.1. The van der Waals surface area contributed by atoms with Crippen LogP contribution in [0.5, 0.6) is 5.75 Å². The van der Waals surface area contributed by atoms with E-state index in [1.165, 1.54) is 12.1 Å². The number of phenolic OH excluding ortho intramolecular Hbond substituents is 1. The SMILES string of the molecule is N[C@@H](Cc1c[nH]c2ccccc12)C(=O)N[C@@H](Cc1ccc(O)cc1)C(=O)N[C@@H](Cc1c[nH]c2ccccc12)C(=O)O. The highest BCUT2D eigenvalue weighted by Gasteiger charge is 2.29.